The summed E-state index contributed by atoms with van der Waals surface area (Å²) in [5, 5.41) is 7.41. The van der Waals surface area contributed by atoms with Gasteiger partial charge in [0.15, 0.2) is 5.03 Å². The maximum absolute atomic E-state index is 13.4. The summed E-state index contributed by atoms with van der Waals surface area (Å²) in [4.78, 5) is 0.139. The first kappa shape index (κ1) is 17.6. The largest absolute Gasteiger partial charge is 0.497 e. The Labute approximate surface area is 150 Å². The minimum absolute atomic E-state index is 0.139. The summed E-state index contributed by atoms with van der Waals surface area (Å²) in [6.07, 6.45) is 0. The third-order valence-electron chi connectivity index (χ3n) is 3.41. The number of halogens is 1. The van der Waals surface area contributed by atoms with Gasteiger partial charge < -0.3 is 4.74 Å². The summed E-state index contributed by atoms with van der Waals surface area (Å²) < 4.78 is 43.3. The standard InChI is InChI=1S/C19H13FN2O3S/c1-25-17-12-14(11-15(20)13-17)7-8-16-9-10-19(22-21-16)26(23,24)18-5-3-2-4-6-18/h2-6,9-13H,1H3. The second kappa shape index (κ2) is 7.33. The number of benzene rings is 2. The molecule has 0 aliphatic rings. The summed E-state index contributed by atoms with van der Waals surface area (Å²) in [5.74, 6) is 5.34. The van der Waals surface area contributed by atoms with Crippen molar-refractivity contribution in [3.05, 3.63) is 77.7 Å². The molecule has 26 heavy (non-hydrogen) atoms. The fraction of sp³-hybridized carbons (Fsp3) is 0.0526. The van der Waals surface area contributed by atoms with Crippen molar-refractivity contribution in [3.8, 4) is 17.6 Å². The van der Waals surface area contributed by atoms with Gasteiger partial charge in [-0.15, -0.1) is 10.2 Å². The Hall–Kier alpha value is -3.24. The van der Waals surface area contributed by atoms with Crippen LogP contribution in [-0.2, 0) is 9.84 Å². The van der Waals surface area contributed by atoms with Crippen LogP contribution in [0.15, 0.2) is 70.6 Å². The van der Waals surface area contributed by atoms with Gasteiger partial charge >= 0.3 is 0 Å². The zero-order chi connectivity index (χ0) is 18.6. The summed E-state index contributed by atoms with van der Waals surface area (Å²) in [7, 11) is -2.29. The lowest BCUT2D eigenvalue weighted by Gasteiger charge is -2.02. The van der Waals surface area contributed by atoms with E-state index in [1.807, 2.05) is 0 Å². The number of rotatable bonds is 3. The molecule has 0 fully saturated rings. The molecule has 1 aromatic heterocycles. The molecule has 0 saturated carbocycles. The quantitative estimate of drug-likeness (QED) is 0.665. The van der Waals surface area contributed by atoms with Crippen molar-refractivity contribution in [2.45, 2.75) is 9.92 Å². The van der Waals surface area contributed by atoms with E-state index in [4.69, 9.17) is 4.74 Å². The molecule has 0 N–H and O–H groups in total. The molecule has 0 aliphatic heterocycles. The Morgan fingerprint density at radius 1 is 0.962 bits per heavy atom. The number of sulfone groups is 1. The van der Waals surface area contributed by atoms with Crippen molar-refractivity contribution in [2.75, 3.05) is 7.11 Å². The second-order valence-electron chi connectivity index (χ2n) is 5.20. The Morgan fingerprint density at radius 2 is 1.73 bits per heavy atom. The van der Waals surface area contributed by atoms with Gasteiger partial charge in [-0.05, 0) is 42.3 Å². The van der Waals surface area contributed by atoms with Gasteiger partial charge in [0, 0.05) is 11.6 Å². The van der Waals surface area contributed by atoms with Crippen LogP contribution in [0, 0.1) is 17.7 Å². The van der Waals surface area contributed by atoms with Gasteiger partial charge in [-0.3, -0.25) is 0 Å². The van der Waals surface area contributed by atoms with E-state index in [0.29, 0.717) is 11.3 Å². The third kappa shape index (κ3) is 3.87. The highest BCUT2D eigenvalue weighted by molar-refractivity contribution is 7.91. The van der Waals surface area contributed by atoms with Gasteiger partial charge in [0.1, 0.15) is 17.3 Å². The normalized spacial score (nSPS) is 10.7. The molecule has 3 aromatic rings. The van der Waals surface area contributed by atoms with Crippen LogP contribution in [-0.4, -0.2) is 25.7 Å². The highest BCUT2D eigenvalue weighted by Crippen LogP contribution is 2.18. The predicted molar refractivity (Wildman–Crippen MR) is 92.9 cm³/mol. The van der Waals surface area contributed by atoms with Crippen molar-refractivity contribution in [1.29, 1.82) is 0 Å². The molecule has 5 nitrogen and oxygen atoms in total. The summed E-state index contributed by atoms with van der Waals surface area (Å²) in [5.41, 5.74) is 0.671. The molecule has 0 radical (unpaired) electrons. The van der Waals surface area contributed by atoms with E-state index in [2.05, 4.69) is 22.0 Å². The fourth-order valence-corrected chi connectivity index (χ4v) is 3.29. The van der Waals surface area contributed by atoms with E-state index >= 15 is 0 Å². The first-order valence-electron chi connectivity index (χ1n) is 7.49. The van der Waals surface area contributed by atoms with E-state index in [9.17, 15) is 12.8 Å². The lowest BCUT2D eigenvalue weighted by atomic mass is 10.2. The van der Waals surface area contributed by atoms with Gasteiger partial charge in [0.2, 0.25) is 9.84 Å². The summed E-state index contributed by atoms with van der Waals surface area (Å²) in [6.45, 7) is 0. The molecule has 2 aromatic carbocycles. The smallest absolute Gasteiger partial charge is 0.225 e. The molecule has 0 unspecified atom stereocenters. The molecule has 0 aliphatic carbocycles. The number of hydrogen-bond acceptors (Lipinski definition) is 5. The van der Waals surface area contributed by atoms with Gasteiger partial charge in [0.05, 0.1) is 12.0 Å². The molecule has 130 valence electrons. The third-order valence-corrected chi connectivity index (χ3v) is 5.07. The Bertz CT molecular complexity index is 1090. The van der Waals surface area contributed by atoms with Crippen molar-refractivity contribution in [1.82, 2.24) is 10.2 Å². The Morgan fingerprint density at radius 3 is 2.38 bits per heavy atom. The van der Waals surface area contributed by atoms with Crippen molar-refractivity contribution >= 4 is 9.84 Å². The fourth-order valence-electron chi connectivity index (χ4n) is 2.14. The number of ether oxygens (including phenoxy) is 1. The average molecular weight is 368 g/mol. The average Bonchev–Trinajstić information content (AvgIpc) is 2.67. The van der Waals surface area contributed by atoms with Crippen LogP contribution < -0.4 is 4.74 Å². The number of methoxy groups -OCH3 is 1. The van der Waals surface area contributed by atoms with E-state index in [-0.39, 0.29) is 15.6 Å². The van der Waals surface area contributed by atoms with Crippen LogP contribution in [0.25, 0.3) is 0 Å². The van der Waals surface area contributed by atoms with Crippen LogP contribution in [0.1, 0.15) is 11.3 Å². The van der Waals surface area contributed by atoms with Crippen LogP contribution >= 0.6 is 0 Å². The monoisotopic (exact) mass is 368 g/mol. The van der Waals surface area contributed by atoms with Gasteiger partial charge in [-0.25, -0.2) is 12.8 Å². The number of nitrogens with zero attached hydrogens (tertiary/aromatic N) is 2. The Balaban J connectivity index is 1.87. The van der Waals surface area contributed by atoms with E-state index in [1.165, 1.54) is 43.5 Å². The summed E-state index contributed by atoms with van der Waals surface area (Å²) in [6, 6.07) is 14.8. The van der Waals surface area contributed by atoms with Crippen molar-refractivity contribution in [3.63, 3.8) is 0 Å². The Kier molecular flexibility index (Phi) is 4.96. The van der Waals surface area contributed by atoms with Crippen LogP contribution in [0.3, 0.4) is 0 Å². The van der Waals surface area contributed by atoms with Gasteiger partial charge in [-0.1, -0.05) is 24.1 Å². The molecular formula is C19H13FN2O3S. The van der Waals surface area contributed by atoms with Crippen molar-refractivity contribution in [2.24, 2.45) is 0 Å². The lowest BCUT2D eigenvalue weighted by molar-refractivity contribution is 0.411. The molecule has 0 bridgehead atoms. The second-order valence-corrected chi connectivity index (χ2v) is 7.10. The van der Waals surface area contributed by atoms with Gasteiger partial charge in [-0.2, -0.15) is 0 Å². The summed E-state index contributed by atoms with van der Waals surface area (Å²) >= 11 is 0. The van der Waals surface area contributed by atoms with Crippen LogP contribution in [0.4, 0.5) is 4.39 Å². The first-order valence-corrected chi connectivity index (χ1v) is 8.98. The maximum Gasteiger partial charge on any atom is 0.225 e. The molecule has 0 saturated heterocycles. The van der Waals surface area contributed by atoms with Crippen LogP contribution in [0.5, 0.6) is 5.75 Å². The first-order chi connectivity index (χ1) is 12.5. The molecule has 1 heterocycles. The molecule has 7 heteroatoms. The van der Waals surface area contributed by atoms with Gasteiger partial charge in [0.25, 0.3) is 0 Å². The van der Waals surface area contributed by atoms with Crippen molar-refractivity contribution < 1.29 is 17.5 Å². The minimum Gasteiger partial charge on any atom is -0.497 e. The lowest BCUT2D eigenvalue weighted by Crippen LogP contribution is -2.05. The molecule has 0 atom stereocenters. The molecular weight excluding hydrogens is 355 g/mol. The van der Waals surface area contributed by atoms with E-state index in [1.54, 1.807) is 24.3 Å². The zero-order valence-corrected chi connectivity index (χ0v) is 14.5. The predicted octanol–water partition coefficient (Wildman–Crippen LogP) is 2.86. The van der Waals surface area contributed by atoms with Crippen LogP contribution in [0.2, 0.25) is 0 Å². The number of hydrogen-bond donors (Lipinski definition) is 0. The number of aromatic nitrogens is 2. The minimum atomic E-state index is -3.73. The molecule has 3 rings (SSSR count). The topological polar surface area (TPSA) is 69.2 Å². The molecule has 0 spiro atoms. The molecule has 0 amide bonds. The van der Waals surface area contributed by atoms with E-state index < -0.39 is 15.7 Å². The SMILES string of the molecule is COc1cc(F)cc(C#Cc2ccc(S(=O)(=O)c3ccccc3)nn2)c1. The van der Waals surface area contributed by atoms with E-state index in [0.717, 1.165) is 0 Å². The highest BCUT2D eigenvalue weighted by atomic mass is 32.2. The highest BCUT2D eigenvalue weighted by Gasteiger charge is 2.19. The maximum atomic E-state index is 13.4. The zero-order valence-electron chi connectivity index (χ0n) is 13.7.